The molecule has 190 valence electrons. The number of benzene rings is 2. The van der Waals surface area contributed by atoms with E-state index < -0.39 is 0 Å². The predicted molar refractivity (Wildman–Crippen MR) is 149 cm³/mol. The third-order valence-electron chi connectivity index (χ3n) is 7.46. The molecule has 6 nitrogen and oxygen atoms in total. The second-order valence-electron chi connectivity index (χ2n) is 9.72. The molecule has 37 heavy (non-hydrogen) atoms. The van der Waals surface area contributed by atoms with Crippen molar-refractivity contribution in [1.29, 1.82) is 0 Å². The highest BCUT2D eigenvalue weighted by Gasteiger charge is 2.36. The number of hydrogen-bond acceptors (Lipinski definition) is 4. The molecule has 8 heteroatoms. The molecule has 2 aromatic heterocycles. The number of carbonyl (C=O) groups is 1. The van der Waals surface area contributed by atoms with Gasteiger partial charge in [0.15, 0.2) is 0 Å². The molecule has 0 fully saturated rings. The zero-order valence-corrected chi connectivity index (χ0v) is 22.7. The van der Waals surface area contributed by atoms with Crippen molar-refractivity contribution in [3.63, 3.8) is 0 Å². The Morgan fingerprint density at radius 2 is 1.89 bits per heavy atom. The van der Waals surface area contributed by atoms with Crippen molar-refractivity contribution in [2.75, 3.05) is 26.0 Å². The van der Waals surface area contributed by atoms with Gasteiger partial charge in [0.2, 0.25) is 0 Å². The van der Waals surface area contributed by atoms with Crippen LogP contribution in [0.15, 0.2) is 60.8 Å². The van der Waals surface area contributed by atoms with E-state index in [1.54, 1.807) is 7.11 Å². The van der Waals surface area contributed by atoms with Gasteiger partial charge in [-0.25, -0.2) is 4.79 Å². The lowest BCUT2D eigenvalue weighted by atomic mass is 10.00. The van der Waals surface area contributed by atoms with Gasteiger partial charge < -0.3 is 24.4 Å². The summed E-state index contributed by atoms with van der Waals surface area (Å²) in [7, 11) is 3.83. The maximum Gasteiger partial charge on any atom is 0.322 e. The van der Waals surface area contributed by atoms with Gasteiger partial charge in [0.25, 0.3) is 0 Å². The van der Waals surface area contributed by atoms with E-state index in [4.69, 9.17) is 16.3 Å². The van der Waals surface area contributed by atoms with Crippen molar-refractivity contribution in [3.8, 4) is 10.8 Å². The average molecular weight is 533 g/mol. The number of urea groups is 1. The summed E-state index contributed by atoms with van der Waals surface area (Å²) in [4.78, 5) is 19.8. The fraction of sp³-hybridized carbons (Fsp3) is 0.276. The fourth-order valence-electron chi connectivity index (χ4n) is 5.42. The number of ether oxygens (including phenoxy) is 1. The molecule has 0 spiro atoms. The van der Waals surface area contributed by atoms with Crippen molar-refractivity contribution in [3.05, 3.63) is 98.6 Å². The molecule has 0 bridgehead atoms. The summed E-state index contributed by atoms with van der Waals surface area (Å²) in [6.07, 6.45) is 3.11. The number of methoxy groups -OCH3 is 1. The van der Waals surface area contributed by atoms with Gasteiger partial charge >= 0.3 is 6.03 Å². The lowest BCUT2D eigenvalue weighted by molar-refractivity contribution is 0.194. The smallest absolute Gasteiger partial charge is 0.322 e. The zero-order chi connectivity index (χ0) is 25.7. The van der Waals surface area contributed by atoms with Gasteiger partial charge in [-0.2, -0.15) is 0 Å². The van der Waals surface area contributed by atoms with E-state index in [0.717, 1.165) is 47.8 Å². The van der Waals surface area contributed by atoms with Gasteiger partial charge in [-0.05, 0) is 73.5 Å². The second-order valence-corrected chi connectivity index (χ2v) is 11.2. The Kier molecular flexibility index (Phi) is 6.23. The third kappa shape index (κ3) is 4.21. The van der Waals surface area contributed by atoms with Crippen LogP contribution in [0, 0.1) is 6.92 Å². The monoisotopic (exact) mass is 532 g/mol. The Labute approximate surface area is 226 Å². The maximum absolute atomic E-state index is 14.1. The summed E-state index contributed by atoms with van der Waals surface area (Å²) >= 11 is 8.23. The first kappa shape index (κ1) is 24.1. The molecular weight excluding hydrogens is 504 g/mol. The van der Waals surface area contributed by atoms with Crippen LogP contribution in [0.4, 0.5) is 10.5 Å². The van der Waals surface area contributed by atoms with Gasteiger partial charge in [-0.1, -0.05) is 29.8 Å². The van der Waals surface area contributed by atoms with E-state index in [2.05, 4.69) is 52.3 Å². The predicted octanol–water partition coefficient (Wildman–Crippen LogP) is 6.63. The van der Waals surface area contributed by atoms with Crippen LogP contribution >= 0.6 is 22.9 Å². The number of thiophene rings is 1. The number of amides is 2. The van der Waals surface area contributed by atoms with Crippen LogP contribution in [0.5, 0.6) is 5.75 Å². The normalized spacial score (nSPS) is 17.0. The average Bonchev–Trinajstić information content (AvgIpc) is 3.48. The molecule has 2 amide bonds. The Balaban J connectivity index is 1.49. The van der Waals surface area contributed by atoms with E-state index in [1.807, 2.05) is 53.5 Å². The van der Waals surface area contributed by atoms with Gasteiger partial charge in [0, 0.05) is 40.4 Å². The summed E-state index contributed by atoms with van der Waals surface area (Å²) in [6, 6.07) is 17.4. The molecule has 4 aromatic rings. The molecule has 0 saturated carbocycles. The van der Waals surface area contributed by atoms with E-state index in [1.165, 1.54) is 21.0 Å². The Hall–Kier alpha value is -3.26. The minimum Gasteiger partial charge on any atom is -0.497 e. The number of nitrogens with zero attached hydrogens (tertiary/aromatic N) is 3. The molecule has 4 heterocycles. The number of anilines is 1. The molecule has 0 aliphatic carbocycles. The highest BCUT2D eigenvalue weighted by atomic mass is 35.5. The third-order valence-corrected chi connectivity index (χ3v) is 9.12. The van der Waals surface area contributed by atoms with Crippen LogP contribution in [0.1, 0.15) is 38.9 Å². The number of likely N-dealkylation sites (N-methyl/N-ethyl adjacent to an activating group) is 1. The summed E-state index contributed by atoms with van der Waals surface area (Å²) in [5, 5.41) is 5.02. The lowest BCUT2D eigenvalue weighted by Crippen LogP contribution is -2.38. The number of hydrogen-bond donors (Lipinski definition) is 1. The van der Waals surface area contributed by atoms with Gasteiger partial charge in [0.1, 0.15) is 10.8 Å². The molecule has 0 unspecified atom stereocenters. The van der Waals surface area contributed by atoms with Crippen LogP contribution in [-0.2, 0) is 19.5 Å². The molecule has 1 N–H and O–H groups in total. The van der Waals surface area contributed by atoms with Crippen molar-refractivity contribution < 1.29 is 9.53 Å². The SMILES string of the molecule is COc1ccc([C@H]2c3cccn3-c3sc4c(c3CN2C(=O)Nc2cccc(Cl)c2C)CCN(C)C4)cc1. The van der Waals surface area contributed by atoms with Crippen molar-refractivity contribution in [2.24, 2.45) is 0 Å². The first-order valence-electron chi connectivity index (χ1n) is 12.4. The first-order valence-corrected chi connectivity index (χ1v) is 13.6. The van der Waals surface area contributed by atoms with Crippen LogP contribution in [-0.4, -0.2) is 41.1 Å². The molecule has 2 aliphatic rings. The van der Waals surface area contributed by atoms with E-state index in [-0.39, 0.29) is 12.1 Å². The van der Waals surface area contributed by atoms with Crippen molar-refractivity contribution >= 4 is 34.7 Å². The quantitative estimate of drug-likeness (QED) is 0.322. The zero-order valence-electron chi connectivity index (χ0n) is 21.1. The van der Waals surface area contributed by atoms with Crippen molar-refractivity contribution in [2.45, 2.75) is 32.5 Å². The molecule has 6 rings (SSSR count). The molecular formula is C29H29ClN4O2S. The molecule has 0 radical (unpaired) electrons. The van der Waals surface area contributed by atoms with Crippen LogP contribution in [0.2, 0.25) is 5.02 Å². The Bertz CT molecular complexity index is 1480. The van der Waals surface area contributed by atoms with E-state index >= 15 is 0 Å². The Morgan fingerprint density at radius 3 is 2.68 bits per heavy atom. The summed E-state index contributed by atoms with van der Waals surface area (Å²) in [5.74, 6) is 0.788. The fourth-order valence-corrected chi connectivity index (χ4v) is 7.04. The maximum atomic E-state index is 14.1. The molecule has 1 atom stereocenters. The van der Waals surface area contributed by atoms with Gasteiger partial charge in [-0.15, -0.1) is 11.3 Å². The number of carbonyl (C=O) groups excluding carboxylic acids is 1. The standard InChI is InChI=1S/C29H29ClN4O2S/c1-18-23(30)6-4-7-24(18)31-29(35)34-16-22-21-13-15-32(2)17-26(21)37-28(22)33-14-5-8-25(33)27(34)19-9-11-20(36-3)12-10-19/h4-12,14,27H,13,15-17H2,1-3H3,(H,31,35)/t27-/m0/s1. The summed E-state index contributed by atoms with van der Waals surface area (Å²) in [6.45, 7) is 4.41. The van der Waals surface area contributed by atoms with Crippen LogP contribution in [0.25, 0.3) is 5.00 Å². The number of halogens is 1. The van der Waals surface area contributed by atoms with Crippen molar-refractivity contribution in [1.82, 2.24) is 14.4 Å². The Morgan fingerprint density at radius 1 is 1.08 bits per heavy atom. The van der Waals surface area contributed by atoms with E-state index in [0.29, 0.717) is 11.6 Å². The van der Waals surface area contributed by atoms with Gasteiger partial charge in [0.05, 0.1) is 25.4 Å². The lowest BCUT2D eigenvalue weighted by Gasteiger charge is -2.32. The minimum absolute atomic E-state index is 0.153. The minimum atomic E-state index is -0.276. The highest BCUT2D eigenvalue weighted by Crippen LogP contribution is 2.44. The number of fused-ring (bicyclic) bond motifs is 5. The summed E-state index contributed by atoms with van der Waals surface area (Å²) < 4.78 is 7.69. The topological polar surface area (TPSA) is 49.7 Å². The van der Waals surface area contributed by atoms with E-state index in [9.17, 15) is 4.79 Å². The largest absolute Gasteiger partial charge is 0.497 e. The molecule has 0 saturated heterocycles. The highest BCUT2D eigenvalue weighted by molar-refractivity contribution is 7.15. The first-order chi connectivity index (χ1) is 17.9. The number of nitrogens with one attached hydrogen (secondary N) is 1. The van der Waals surface area contributed by atoms with Crippen LogP contribution in [0.3, 0.4) is 0 Å². The molecule has 2 aromatic carbocycles. The second kappa shape index (κ2) is 9.56. The molecule has 2 aliphatic heterocycles. The number of rotatable bonds is 3. The number of aromatic nitrogens is 1. The van der Waals surface area contributed by atoms with Gasteiger partial charge in [-0.3, -0.25) is 0 Å². The summed E-state index contributed by atoms with van der Waals surface area (Å²) in [5.41, 5.74) is 6.31. The van der Waals surface area contributed by atoms with Crippen LogP contribution < -0.4 is 10.1 Å².